The number of ether oxygens (including phenoxy) is 1. The molecule has 114 valence electrons. The van der Waals surface area contributed by atoms with Crippen LogP contribution in [0, 0.1) is 11.3 Å². The van der Waals surface area contributed by atoms with E-state index in [2.05, 4.69) is 36.8 Å². The number of esters is 1. The summed E-state index contributed by atoms with van der Waals surface area (Å²) in [6.07, 6.45) is 7.20. The van der Waals surface area contributed by atoms with E-state index in [4.69, 9.17) is 4.74 Å². The smallest absolute Gasteiger partial charge is 0.314 e. The number of carbonyl (C=O) groups excluding carboxylic acids is 1. The summed E-state index contributed by atoms with van der Waals surface area (Å²) in [4.78, 5) is 14.9. The van der Waals surface area contributed by atoms with Crippen LogP contribution in [0.4, 0.5) is 0 Å². The van der Waals surface area contributed by atoms with Gasteiger partial charge in [-0.3, -0.25) is 9.69 Å². The Morgan fingerprint density at radius 3 is 2.65 bits per heavy atom. The molecular weight excluding hydrogens is 386 g/mol. The average molecular weight is 409 g/mol. The largest absolute Gasteiger partial charge is 0.465 e. The number of nitrogens with zero attached hydrogens (tertiary/aromatic N) is 1. The minimum atomic E-state index is -0.395. The highest BCUT2D eigenvalue weighted by Crippen LogP contribution is 2.66. The highest BCUT2D eigenvalue weighted by atomic mass is 79.9. The van der Waals surface area contributed by atoms with Crippen LogP contribution >= 0.6 is 31.9 Å². The third-order valence-corrected chi connectivity index (χ3v) is 7.68. The van der Waals surface area contributed by atoms with Crippen LogP contribution in [0.15, 0.2) is 0 Å². The van der Waals surface area contributed by atoms with Gasteiger partial charge in [0.15, 0.2) is 0 Å². The highest BCUT2D eigenvalue weighted by Gasteiger charge is 2.67. The zero-order chi connectivity index (χ0) is 14.4. The van der Waals surface area contributed by atoms with Crippen molar-refractivity contribution in [3.8, 4) is 0 Å². The number of halogens is 2. The van der Waals surface area contributed by atoms with Crippen molar-refractivity contribution in [1.29, 1.82) is 0 Å². The van der Waals surface area contributed by atoms with Gasteiger partial charge in [0, 0.05) is 12.0 Å². The van der Waals surface area contributed by atoms with Crippen molar-refractivity contribution in [2.45, 2.75) is 54.7 Å². The number of fused-ring (bicyclic) bond motifs is 1. The van der Waals surface area contributed by atoms with Crippen LogP contribution in [0.3, 0.4) is 0 Å². The first-order chi connectivity index (χ1) is 9.44. The number of carbonyl (C=O) groups is 1. The van der Waals surface area contributed by atoms with Crippen molar-refractivity contribution >= 4 is 37.8 Å². The molecule has 0 aromatic carbocycles. The SMILES string of the molecule is CC1(C(=O)OC[C@@H]2CCCN3CCCC[C@H]23)CC1(Br)Br. The Labute approximate surface area is 138 Å². The van der Waals surface area contributed by atoms with E-state index < -0.39 is 5.41 Å². The van der Waals surface area contributed by atoms with Gasteiger partial charge in [0.05, 0.1) is 15.3 Å². The molecule has 2 heterocycles. The van der Waals surface area contributed by atoms with Gasteiger partial charge in [0.1, 0.15) is 0 Å². The fourth-order valence-electron chi connectivity index (χ4n) is 3.73. The molecule has 1 saturated carbocycles. The van der Waals surface area contributed by atoms with Gasteiger partial charge in [-0.1, -0.05) is 38.3 Å². The zero-order valence-corrected chi connectivity index (χ0v) is 15.2. The van der Waals surface area contributed by atoms with Crippen molar-refractivity contribution in [2.24, 2.45) is 11.3 Å². The molecule has 3 atom stereocenters. The molecule has 2 saturated heterocycles. The maximum Gasteiger partial charge on any atom is 0.314 e. The Morgan fingerprint density at radius 2 is 1.95 bits per heavy atom. The van der Waals surface area contributed by atoms with E-state index in [0.717, 1.165) is 6.42 Å². The lowest BCUT2D eigenvalue weighted by molar-refractivity contribution is -0.152. The molecule has 0 amide bonds. The Morgan fingerprint density at radius 1 is 1.25 bits per heavy atom. The number of hydrogen-bond acceptors (Lipinski definition) is 3. The lowest BCUT2D eigenvalue weighted by atomic mass is 9.84. The van der Waals surface area contributed by atoms with Crippen molar-refractivity contribution in [2.75, 3.05) is 19.7 Å². The van der Waals surface area contributed by atoms with Crippen molar-refractivity contribution in [1.82, 2.24) is 4.90 Å². The van der Waals surface area contributed by atoms with Crippen LogP contribution in [0.1, 0.15) is 45.4 Å². The van der Waals surface area contributed by atoms with E-state index in [1.54, 1.807) is 0 Å². The summed E-state index contributed by atoms with van der Waals surface area (Å²) in [5.74, 6) is 0.481. The Balaban J connectivity index is 1.54. The molecule has 5 heteroatoms. The van der Waals surface area contributed by atoms with Crippen LogP contribution in [-0.4, -0.2) is 39.8 Å². The van der Waals surface area contributed by atoms with Crippen molar-refractivity contribution in [3.05, 3.63) is 0 Å². The fourth-order valence-corrected chi connectivity index (χ4v) is 5.18. The first-order valence-electron chi connectivity index (χ1n) is 7.73. The van der Waals surface area contributed by atoms with Crippen LogP contribution < -0.4 is 0 Å². The van der Waals surface area contributed by atoms with Crippen LogP contribution in [0.25, 0.3) is 0 Å². The number of hydrogen-bond donors (Lipinski definition) is 0. The van der Waals surface area contributed by atoms with Gasteiger partial charge in [-0.05, 0) is 52.1 Å². The molecule has 1 aliphatic carbocycles. The van der Waals surface area contributed by atoms with E-state index in [-0.39, 0.29) is 9.20 Å². The van der Waals surface area contributed by atoms with Gasteiger partial charge in [0.2, 0.25) is 0 Å². The maximum absolute atomic E-state index is 12.2. The standard InChI is InChI=1S/C15H23Br2NO2/c1-14(10-15(14,16)17)13(19)20-9-11-5-4-8-18-7-3-2-6-12(11)18/h11-12H,2-10H2,1H3/t11-,12+,14?/m0/s1. The van der Waals surface area contributed by atoms with Crippen LogP contribution in [0.2, 0.25) is 0 Å². The summed E-state index contributed by atoms with van der Waals surface area (Å²) in [5.41, 5.74) is -0.395. The van der Waals surface area contributed by atoms with Gasteiger partial charge in [-0.15, -0.1) is 0 Å². The van der Waals surface area contributed by atoms with E-state index >= 15 is 0 Å². The van der Waals surface area contributed by atoms with Crippen LogP contribution in [-0.2, 0) is 9.53 Å². The summed E-state index contributed by atoms with van der Waals surface area (Å²) in [7, 11) is 0. The molecule has 0 aromatic rings. The van der Waals surface area contributed by atoms with Gasteiger partial charge in [-0.2, -0.15) is 0 Å². The lowest BCUT2D eigenvalue weighted by Gasteiger charge is -2.44. The third-order valence-electron chi connectivity index (χ3n) is 5.37. The summed E-state index contributed by atoms with van der Waals surface area (Å²) in [5, 5.41) is 0. The molecule has 1 unspecified atom stereocenters. The normalized spacial score (nSPS) is 40.0. The number of piperidine rings is 2. The quantitative estimate of drug-likeness (QED) is 0.526. The van der Waals surface area contributed by atoms with Gasteiger partial charge >= 0.3 is 5.97 Å². The summed E-state index contributed by atoms with van der Waals surface area (Å²) in [6.45, 7) is 5.04. The van der Waals surface area contributed by atoms with Gasteiger partial charge in [0.25, 0.3) is 0 Å². The van der Waals surface area contributed by atoms with Gasteiger partial charge in [-0.25, -0.2) is 0 Å². The topological polar surface area (TPSA) is 29.5 Å². The molecule has 0 aromatic heterocycles. The highest BCUT2D eigenvalue weighted by molar-refractivity contribution is 9.25. The molecule has 0 N–H and O–H groups in total. The monoisotopic (exact) mass is 407 g/mol. The molecule has 3 fully saturated rings. The van der Waals surface area contributed by atoms with E-state index in [9.17, 15) is 4.79 Å². The second-order valence-corrected chi connectivity index (χ2v) is 10.6. The second-order valence-electron chi connectivity index (χ2n) is 6.81. The molecule has 2 aliphatic heterocycles. The first kappa shape index (κ1) is 15.3. The lowest BCUT2D eigenvalue weighted by Crippen LogP contribution is -2.49. The number of rotatable bonds is 3. The molecule has 3 aliphatic rings. The molecule has 0 bridgehead atoms. The second kappa shape index (κ2) is 5.54. The van der Waals surface area contributed by atoms with Crippen molar-refractivity contribution < 1.29 is 9.53 Å². The minimum Gasteiger partial charge on any atom is -0.465 e. The first-order valence-corrected chi connectivity index (χ1v) is 9.32. The Hall–Kier alpha value is 0.390. The fraction of sp³-hybridized carbons (Fsp3) is 0.933. The minimum absolute atomic E-state index is 0.0563. The molecular formula is C15H23Br2NO2. The number of alkyl halides is 2. The van der Waals surface area contributed by atoms with Gasteiger partial charge < -0.3 is 4.74 Å². The van der Waals surface area contributed by atoms with Crippen molar-refractivity contribution in [3.63, 3.8) is 0 Å². The molecule has 0 spiro atoms. The predicted octanol–water partition coefficient (Wildman–Crippen LogP) is 3.69. The summed E-state index contributed by atoms with van der Waals surface area (Å²) >= 11 is 7.08. The summed E-state index contributed by atoms with van der Waals surface area (Å²) < 4.78 is 5.42. The van der Waals surface area contributed by atoms with E-state index in [1.165, 1.54) is 45.2 Å². The zero-order valence-electron chi connectivity index (χ0n) is 12.0. The Kier molecular flexibility index (Phi) is 4.24. The maximum atomic E-state index is 12.2. The predicted molar refractivity (Wildman–Crippen MR) is 86.2 cm³/mol. The molecule has 3 rings (SSSR count). The van der Waals surface area contributed by atoms with E-state index in [0.29, 0.717) is 18.6 Å². The third kappa shape index (κ3) is 2.70. The molecule has 0 radical (unpaired) electrons. The van der Waals surface area contributed by atoms with Crippen LogP contribution in [0.5, 0.6) is 0 Å². The summed E-state index contributed by atoms with van der Waals surface area (Å²) in [6, 6.07) is 0.648. The van der Waals surface area contributed by atoms with E-state index in [1.807, 2.05) is 6.92 Å². The average Bonchev–Trinajstić information content (AvgIpc) is 2.96. The Bertz CT molecular complexity index is 399. The molecule has 20 heavy (non-hydrogen) atoms. The molecule has 3 nitrogen and oxygen atoms in total.